The molecule has 9 nitrogen and oxygen atoms in total. The Morgan fingerprint density at radius 3 is 1.25 bits per heavy atom. The Kier molecular flexibility index (Phi) is 48.1. The minimum absolute atomic E-state index is 0.161. The molecule has 7 atom stereocenters. The summed E-state index contributed by atoms with van der Waals surface area (Å²) >= 11 is 0. The van der Waals surface area contributed by atoms with Crippen molar-refractivity contribution in [2.45, 2.75) is 281 Å². The van der Waals surface area contributed by atoms with E-state index < -0.39 is 49.5 Å². The lowest BCUT2D eigenvalue weighted by molar-refractivity contribution is -0.302. The van der Waals surface area contributed by atoms with Gasteiger partial charge >= 0.3 is 0 Å². The standard InChI is InChI=1S/C63H109NO8/c1-3-5-7-9-11-13-15-17-19-21-23-25-27-28-29-30-31-33-35-37-39-41-43-45-47-49-51-53-59(67)64-56(55-71-63-62(70)61(69)60(68)58(54-65)72-63)57(66)52-50-48-46-44-42-40-38-36-34-32-26-24-22-20-18-16-14-12-10-8-6-4-2/h5,7,11,13,17,19,23,25,28-29,31,33,37,39,43,45,56-58,60-63,65-66,68-70H,3-4,6,8-10,12,14-16,18,20-22,24,26-27,30,32,34-36,38,40-42,44,46-55H2,1-2H3,(H,64,67)/b7-5-,13-11-,19-17-,25-23-,29-28-,33-31-,39-37-,45-43-. The minimum atomic E-state index is -1.57. The monoisotopic (exact) mass is 1010 g/mol. The largest absolute Gasteiger partial charge is 0.394 e. The molecule has 0 aromatic heterocycles. The van der Waals surface area contributed by atoms with Crippen LogP contribution in [-0.4, -0.2) is 87.5 Å². The van der Waals surface area contributed by atoms with E-state index in [4.69, 9.17) is 9.47 Å². The first-order valence-corrected chi connectivity index (χ1v) is 29.4. The van der Waals surface area contributed by atoms with Crippen molar-refractivity contribution in [2.75, 3.05) is 13.2 Å². The summed E-state index contributed by atoms with van der Waals surface area (Å²) < 4.78 is 11.3. The number of amides is 1. The molecule has 0 aromatic rings. The fourth-order valence-electron chi connectivity index (χ4n) is 8.82. The molecule has 1 rings (SSSR count). The van der Waals surface area contributed by atoms with E-state index in [9.17, 15) is 30.3 Å². The Morgan fingerprint density at radius 1 is 0.486 bits per heavy atom. The highest BCUT2D eigenvalue weighted by atomic mass is 16.7. The highest BCUT2D eigenvalue weighted by Gasteiger charge is 2.44. The normalized spacial score (nSPS) is 19.9. The van der Waals surface area contributed by atoms with Crippen molar-refractivity contribution >= 4 is 5.91 Å². The number of hydrogen-bond donors (Lipinski definition) is 6. The van der Waals surface area contributed by atoms with E-state index >= 15 is 0 Å². The number of nitrogens with one attached hydrogen (secondary N) is 1. The van der Waals surface area contributed by atoms with E-state index in [1.807, 2.05) is 0 Å². The molecule has 0 spiro atoms. The number of carbonyl (C=O) groups is 1. The lowest BCUT2D eigenvalue weighted by Gasteiger charge is -2.40. The van der Waals surface area contributed by atoms with Crippen LogP contribution in [0.4, 0.5) is 0 Å². The Bertz CT molecular complexity index is 1450. The van der Waals surface area contributed by atoms with Crippen molar-refractivity contribution in [1.29, 1.82) is 0 Å². The van der Waals surface area contributed by atoms with Gasteiger partial charge in [-0.3, -0.25) is 4.79 Å². The predicted octanol–water partition coefficient (Wildman–Crippen LogP) is 14.8. The summed E-state index contributed by atoms with van der Waals surface area (Å²) in [4.78, 5) is 13.1. The number of rotatable bonds is 49. The summed E-state index contributed by atoms with van der Waals surface area (Å²) in [5.41, 5.74) is 0. The third-order valence-corrected chi connectivity index (χ3v) is 13.5. The van der Waals surface area contributed by atoms with E-state index in [1.165, 1.54) is 122 Å². The molecule has 9 heteroatoms. The molecule has 0 aromatic carbocycles. The summed E-state index contributed by atoms with van der Waals surface area (Å²) in [5, 5.41) is 54.7. The molecule has 1 aliphatic heterocycles. The first-order chi connectivity index (χ1) is 35.3. The second-order valence-corrected chi connectivity index (χ2v) is 20.1. The number of aliphatic hydroxyl groups is 5. The quantitative estimate of drug-likeness (QED) is 0.0261. The number of ether oxygens (including phenoxy) is 2. The number of carbonyl (C=O) groups excluding carboxylic acids is 1. The second-order valence-electron chi connectivity index (χ2n) is 20.1. The molecule has 72 heavy (non-hydrogen) atoms. The highest BCUT2D eigenvalue weighted by Crippen LogP contribution is 2.23. The lowest BCUT2D eigenvalue weighted by Crippen LogP contribution is -2.60. The average Bonchev–Trinajstić information content (AvgIpc) is 3.38. The van der Waals surface area contributed by atoms with Gasteiger partial charge in [-0.05, 0) is 77.0 Å². The second kappa shape index (κ2) is 51.6. The van der Waals surface area contributed by atoms with Crippen LogP contribution in [0.3, 0.4) is 0 Å². The molecule has 1 saturated heterocycles. The molecular weight excluding hydrogens is 899 g/mol. The third kappa shape index (κ3) is 40.5. The summed E-state index contributed by atoms with van der Waals surface area (Å²) in [7, 11) is 0. The Balaban J connectivity index is 2.27. The van der Waals surface area contributed by atoms with Crippen LogP contribution < -0.4 is 5.32 Å². The van der Waals surface area contributed by atoms with E-state index in [0.717, 1.165) is 83.5 Å². The molecule has 0 saturated carbocycles. The Labute approximate surface area is 441 Å². The third-order valence-electron chi connectivity index (χ3n) is 13.5. The van der Waals surface area contributed by atoms with Gasteiger partial charge in [-0.2, -0.15) is 0 Å². The molecule has 1 heterocycles. The Morgan fingerprint density at radius 2 is 0.861 bits per heavy atom. The fourth-order valence-corrected chi connectivity index (χ4v) is 8.82. The van der Waals surface area contributed by atoms with Crippen LogP contribution in [-0.2, 0) is 14.3 Å². The van der Waals surface area contributed by atoms with Crippen molar-refractivity contribution in [2.24, 2.45) is 0 Å². The van der Waals surface area contributed by atoms with Crippen LogP contribution in [0.15, 0.2) is 97.2 Å². The maximum Gasteiger partial charge on any atom is 0.220 e. The highest BCUT2D eigenvalue weighted by molar-refractivity contribution is 5.76. The van der Waals surface area contributed by atoms with Gasteiger partial charge in [-0.1, -0.05) is 252 Å². The molecule has 6 N–H and O–H groups in total. The fraction of sp³-hybridized carbons (Fsp3) is 0.730. The van der Waals surface area contributed by atoms with Crippen molar-refractivity contribution < 1.29 is 39.8 Å². The van der Waals surface area contributed by atoms with Crippen molar-refractivity contribution in [3.63, 3.8) is 0 Å². The van der Waals surface area contributed by atoms with Gasteiger partial charge in [0, 0.05) is 6.42 Å². The molecule has 1 aliphatic rings. The average molecular weight is 1010 g/mol. The van der Waals surface area contributed by atoms with E-state index in [1.54, 1.807) is 0 Å². The number of allylic oxidation sites excluding steroid dienone is 16. The van der Waals surface area contributed by atoms with E-state index in [-0.39, 0.29) is 12.5 Å². The van der Waals surface area contributed by atoms with Crippen LogP contribution in [0.25, 0.3) is 0 Å². The molecule has 414 valence electrons. The summed E-state index contributed by atoms with van der Waals surface area (Å²) in [5.74, 6) is -0.188. The van der Waals surface area contributed by atoms with Gasteiger partial charge in [-0.25, -0.2) is 0 Å². The van der Waals surface area contributed by atoms with Crippen LogP contribution >= 0.6 is 0 Å². The molecular formula is C63H109NO8. The molecule has 0 aliphatic carbocycles. The van der Waals surface area contributed by atoms with Gasteiger partial charge in [0.2, 0.25) is 5.91 Å². The summed E-state index contributed by atoms with van der Waals surface area (Å²) in [6.07, 6.45) is 67.2. The van der Waals surface area contributed by atoms with Gasteiger partial charge in [-0.15, -0.1) is 0 Å². The van der Waals surface area contributed by atoms with Crippen LogP contribution in [0.1, 0.15) is 239 Å². The first kappa shape index (κ1) is 67.1. The maximum absolute atomic E-state index is 13.1. The molecule has 0 bridgehead atoms. The number of hydrogen-bond acceptors (Lipinski definition) is 8. The molecule has 7 unspecified atom stereocenters. The van der Waals surface area contributed by atoms with Gasteiger partial charge in [0.25, 0.3) is 0 Å². The smallest absolute Gasteiger partial charge is 0.220 e. The van der Waals surface area contributed by atoms with Gasteiger partial charge in [0.15, 0.2) is 6.29 Å². The predicted molar refractivity (Wildman–Crippen MR) is 304 cm³/mol. The van der Waals surface area contributed by atoms with Gasteiger partial charge < -0.3 is 40.3 Å². The zero-order chi connectivity index (χ0) is 52.2. The summed E-state index contributed by atoms with van der Waals surface area (Å²) in [6, 6.07) is -0.751. The molecule has 1 fully saturated rings. The van der Waals surface area contributed by atoms with Crippen LogP contribution in [0.5, 0.6) is 0 Å². The van der Waals surface area contributed by atoms with Gasteiger partial charge in [0.1, 0.15) is 24.4 Å². The lowest BCUT2D eigenvalue weighted by atomic mass is 9.99. The zero-order valence-corrected chi connectivity index (χ0v) is 45.9. The maximum atomic E-state index is 13.1. The minimum Gasteiger partial charge on any atom is -0.394 e. The van der Waals surface area contributed by atoms with Gasteiger partial charge in [0.05, 0.1) is 25.4 Å². The SMILES string of the molecule is CC/C=C\C/C=C\C/C=C\C/C=C\C/C=C\C/C=C\C/C=C\C/C=C\CCCCC(=O)NC(COC1OC(CO)C(O)C(O)C1O)C(O)CCCCCCCCCCCCCCCCCCCCCCCC. The van der Waals surface area contributed by atoms with E-state index in [0.29, 0.717) is 19.3 Å². The van der Waals surface area contributed by atoms with E-state index in [2.05, 4.69) is 116 Å². The first-order valence-electron chi connectivity index (χ1n) is 29.4. The number of unbranched alkanes of at least 4 members (excludes halogenated alkanes) is 23. The summed E-state index contributed by atoms with van der Waals surface area (Å²) in [6.45, 7) is 3.71. The zero-order valence-electron chi connectivity index (χ0n) is 45.9. The van der Waals surface area contributed by atoms with Crippen molar-refractivity contribution in [1.82, 2.24) is 5.32 Å². The van der Waals surface area contributed by atoms with Crippen LogP contribution in [0, 0.1) is 0 Å². The Hall–Kier alpha value is -2.89. The molecule has 1 amide bonds. The van der Waals surface area contributed by atoms with Crippen LogP contribution in [0.2, 0.25) is 0 Å². The molecule has 0 radical (unpaired) electrons. The van der Waals surface area contributed by atoms with Crippen molar-refractivity contribution in [3.05, 3.63) is 97.2 Å². The topological polar surface area (TPSA) is 149 Å². The number of aliphatic hydroxyl groups excluding tert-OH is 5. The van der Waals surface area contributed by atoms with Crippen molar-refractivity contribution in [3.8, 4) is 0 Å².